The quantitative estimate of drug-likeness (QED) is 0.175. The fraction of sp³-hybridized carbons (Fsp3) is 0. The Balaban J connectivity index is 1.17. The molecular weight excluding hydrogens is 633 g/mol. The van der Waals surface area contributed by atoms with Crippen LogP contribution in [-0.2, 0) is 0 Å². The summed E-state index contributed by atoms with van der Waals surface area (Å²) in [6.45, 7) is 0. The molecule has 0 bridgehead atoms. The van der Waals surface area contributed by atoms with Crippen LogP contribution >= 0.6 is 0 Å². The second-order valence-electron chi connectivity index (χ2n) is 13.5. The molecule has 242 valence electrons. The zero-order valence-electron chi connectivity index (χ0n) is 28.1. The van der Waals surface area contributed by atoms with Gasteiger partial charge in [-0.3, -0.25) is 4.57 Å². The van der Waals surface area contributed by atoms with Crippen molar-refractivity contribution >= 4 is 43.4 Å². The number of ether oxygens (including phenoxy) is 1. The van der Waals surface area contributed by atoms with Crippen molar-refractivity contribution in [1.82, 2.24) is 9.55 Å². The van der Waals surface area contributed by atoms with E-state index in [4.69, 9.17) is 9.72 Å². The normalized spacial score (nSPS) is 12.0. The average Bonchev–Trinajstić information content (AvgIpc) is 3.61. The Kier molecular flexibility index (Phi) is 6.25. The van der Waals surface area contributed by atoms with Crippen LogP contribution < -0.4 is 4.74 Å². The summed E-state index contributed by atoms with van der Waals surface area (Å²) in [6, 6.07) is 65.1. The summed E-state index contributed by atoms with van der Waals surface area (Å²) in [5, 5.41) is 7.42. The van der Waals surface area contributed by atoms with Gasteiger partial charge in [-0.15, -0.1) is 0 Å². The minimum Gasteiger partial charge on any atom is -0.453 e. The number of aromatic nitrogens is 2. The second-order valence-corrected chi connectivity index (χ2v) is 13.5. The molecule has 0 unspecified atom stereocenters. The smallest absolute Gasteiger partial charge is 0.153 e. The van der Waals surface area contributed by atoms with Gasteiger partial charge in [-0.2, -0.15) is 0 Å². The summed E-state index contributed by atoms with van der Waals surface area (Å²) in [6.07, 6.45) is 0. The van der Waals surface area contributed by atoms with Crippen molar-refractivity contribution in [2.24, 2.45) is 0 Å². The monoisotopic (exact) mass is 662 g/mol. The fourth-order valence-corrected chi connectivity index (χ4v) is 8.28. The van der Waals surface area contributed by atoms with Gasteiger partial charge in [0.2, 0.25) is 0 Å². The first-order valence-electron chi connectivity index (χ1n) is 17.7. The van der Waals surface area contributed by atoms with Gasteiger partial charge in [0.1, 0.15) is 11.3 Å². The molecule has 1 aliphatic rings. The first-order valence-corrected chi connectivity index (χ1v) is 17.7. The van der Waals surface area contributed by atoms with Crippen LogP contribution in [0.3, 0.4) is 0 Å². The number of benzene rings is 9. The zero-order chi connectivity index (χ0) is 34.2. The molecule has 52 heavy (non-hydrogen) atoms. The van der Waals surface area contributed by atoms with Crippen molar-refractivity contribution in [1.29, 1.82) is 0 Å². The second kappa shape index (κ2) is 11.3. The van der Waals surface area contributed by atoms with E-state index < -0.39 is 0 Å². The van der Waals surface area contributed by atoms with Crippen LogP contribution in [0.4, 0.5) is 0 Å². The van der Waals surface area contributed by atoms with E-state index in [1.54, 1.807) is 0 Å². The molecule has 0 atom stereocenters. The van der Waals surface area contributed by atoms with Crippen molar-refractivity contribution in [3.63, 3.8) is 0 Å². The van der Waals surface area contributed by atoms with Gasteiger partial charge in [-0.25, -0.2) is 4.98 Å². The summed E-state index contributed by atoms with van der Waals surface area (Å²) < 4.78 is 8.91. The lowest BCUT2D eigenvalue weighted by Gasteiger charge is -2.22. The summed E-state index contributed by atoms with van der Waals surface area (Å²) in [5.41, 5.74) is 11.1. The number of hydrogen-bond donors (Lipinski definition) is 0. The largest absolute Gasteiger partial charge is 0.453 e. The lowest BCUT2D eigenvalue weighted by molar-refractivity contribution is 0.476. The number of imidazole rings is 1. The SMILES string of the molecule is c1ccc(-c2c3ccccc3c(-c3cccc4ccccc34)c3cc(-c4ccc5c(c4)Oc4cccc6nc(-c7ccccc7)n-5c46)ccc23)cc1. The molecular formula is C49H30N2O. The number of fused-ring (bicyclic) bond motifs is 5. The van der Waals surface area contributed by atoms with Crippen LogP contribution in [0.5, 0.6) is 11.5 Å². The lowest BCUT2D eigenvalue weighted by Crippen LogP contribution is -2.06. The van der Waals surface area contributed by atoms with Crippen LogP contribution in [0.1, 0.15) is 0 Å². The van der Waals surface area contributed by atoms with E-state index in [1.807, 2.05) is 18.2 Å². The Morgan fingerprint density at radius 2 is 1.04 bits per heavy atom. The van der Waals surface area contributed by atoms with Crippen LogP contribution in [0, 0.1) is 0 Å². The standard InChI is InChI=1S/C49H30N2O/c1-3-14-32(15-4-1)46-38-20-9-10-21-39(38)47(37-22-11-18-31-13-7-8-19-36(31)37)41-29-34(25-27-40(41)46)35-26-28-43-45(30-35)52-44-24-12-23-42-48(44)51(43)49(50-42)33-16-5-2-6-17-33/h1-30H. The third-order valence-corrected chi connectivity index (χ3v) is 10.6. The van der Waals surface area contributed by atoms with Crippen molar-refractivity contribution < 1.29 is 4.74 Å². The van der Waals surface area contributed by atoms with Crippen molar-refractivity contribution in [3.05, 3.63) is 182 Å². The third-order valence-electron chi connectivity index (χ3n) is 10.6. The highest BCUT2D eigenvalue weighted by Crippen LogP contribution is 2.48. The molecule has 3 heteroatoms. The van der Waals surface area contributed by atoms with E-state index in [9.17, 15) is 0 Å². The van der Waals surface area contributed by atoms with Gasteiger partial charge < -0.3 is 4.74 Å². The zero-order valence-corrected chi connectivity index (χ0v) is 28.1. The van der Waals surface area contributed by atoms with Gasteiger partial charge in [0, 0.05) is 5.56 Å². The van der Waals surface area contributed by atoms with Crippen molar-refractivity contribution in [2.45, 2.75) is 0 Å². The number of rotatable bonds is 4. The first kappa shape index (κ1) is 28.8. The Morgan fingerprint density at radius 3 is 1.87 bits per heavy atom. The van der Waals surface area contributed by atoms with E-state index >= 15 is 0 Å². The molecule has 1 aromatic heterocycles. The summed E-state index contributed by atoms with van der Waals surface area (Å²) in [7, 11) is 0. The third kappa shape index (κ3) is 4.30. The van der Waals surface area contributed by atoms with Crippen LogP contribution in [0.2, 0.25) is 0 Å². The number of para-hydroxylation sites is 1. The van der Waals surface area contributed by atoms with Gasteiger partial charge in [0.25, 0.3) is 0 Å². The van der Waals surface area contributed by atoms with Crippen LogP contribution in [0.15, 0.2) is 182 Å². The molecule has 0 aliphatic carbocycles. The molecule has 1 aliphatic heterocycles. The highest BCUT2D eigenvalue weighted by Gasteiger charge is 2.26. The summed E-state index contributed by atoms with van der Waals surface area (Å²) in [5.74, 6) is 2.53. The van der Waals surface area contributed by atoms with Gasteiger partial charge >= 0.3 is 0 Å². The Morgan fingerprint density at radius 1 is 0.404 bits per heavy atom. The van der Waals surface area contributed by atoms with E-state index in [1.165, 1.54) is 54.6 Å². The van der Waals surface area contributed by atoms with E-state index in [0.29, 0.717) is 0 Å². The molecule has 10 aromatic rings. The molecule has 11 rings (SSSR count). The topological polar surface area (TPSA) is 27.1 Å². The summed E-state index contributed by atoms with van der Waals surface area (Å²) >= 11 is 0. The molecule has 2 heterocycles. The van der Waals surface area contributed by atoms with Gasteiger partial charge in [-0.05, 0) is 96.0 Å². The maximum atomic E-state index is 6.66. The molecule has 0 saturated heterocycles. The maximum absolute atomic E-state index is 6.66. The van der Waals surface area contributed by atoms with Gasteiger partial charge in [0.05, 0.1) is 11.2 Å². The summed E-state index contributed by atoms with van der Waals surface area (Å²) in [4.78, 5) is 5.07. The van der Waals surface area contributed by atoms with E-state index in [0.717, 1.165) is 50.7 Å². The number of nitrogens with zero attached hydrogens (tertiary/aromatic N) is 2. The molecule has 3 nitrogen and oxygen atoms in total. The van der Waals surface area contributed by atoms with Gasteiger partial charge in [0.15, 0.2) is 11.5 Å². The number of hydrogen-bond acceptors (Lipinski definition) is 2. The minimum atomic E-state index is 0.811. The van der Waals surface area contributed by atoms with E-state index in [-0.39, 0.29) is 0 Å². The molecule has 0 saturated carbocycles. The lowest BCUT2D eigenvalue weighted by atomic mass is 9.84. The molecule has 0 radical (unpaired) electrons. The molecule has 0 fully saturated rings. The molecule has 0 N–H and O–H groups in total. The van der Waals surface area contributed by atoms with Crippen molar-refractivity contribution in [2.75, 3.05) is 0 Å². The predicted molar refractivity (Wildman–Crippen MR) is 215 cm³/mol. The Labute approximate surface area is 300 Å². The first-order chi connectivity index (χ1) is 25.8. The maximum Gasteiger partial charge on any atom is 0.153 e. The van der Waals surface area contributed by atoms with E-state index in [2.05, 4.69) is 168 Å². The minimum absolute atomic E-state index is 0.811. The molecule has 0 amide bonds. The van der Waals surface area contributed by atoms with Crippen LogP contribution in [0.25, 0.3) is 93.8 Å². The molecule has 9 aromatic carbocycles. The average molecular weight is 663 g/mol. The highest BCUT2D eigenvalue weighted by atomic mass is 16.5. The highest BCUT2D eigenvalue weighted by molar-refractivity contribution is 6.24. The Bertz CT molecular complexity index is 3030. The fourth-order valence-electron chi connectivity index (χ4n) is 8.28. The van der Waals surface area contributed by atoms with Crippen molar-refractivity contribution in [3.8, 4) is 62.0 Å². The predicted octanol–water partition coefficient (Wildman–Crippen LogP) is 13.3. The molecule has 0 spiro atoms. The van der Waals surface area contributed by atoms with Crippen LogP contribution in [-0.4, -0.2) is 9.55 Å². The van der Waals surface area contributed by atoms with Gasteiger partial charge in [-0.1, -0.05) is 152 Å². The Hall–Kier alpha value is -6.97.